The van der Waals surface area contributed by atoms with E-state index in [4.69, 9.17) is 0 Å². The summed E-state index contributed by atoms with van der Waals surface area (Å²) in [6, 6.07) is 6.12. The number of halogens is 1. The second kappa shape index (κ2) is 5.89. The molecule has 1 rings (SSSR count). The van der Waals surface area contributed by atoms with E-state index in [2.05, 4.69) is 26.0 Å². The molecule has 1 aromatic rings. The maximum absolute atomic E-state index is 11.1. The molecule has 0 heterocycles. The Morgan fingerprint density at radius 1 is 1.50 bits per heavy atom. The van der Waals surface area contributed by atoms with Crippen molar-refractivity contribution < 1.29 is 9.53 Å². The monoisotopic (exact) mass is 285 g/mol. The minimum absolute atomic E-state index is 0.0566. The number of nitrogens with one attached hydrogen (secondary N) is 1. The van der Waals surface area contributed by atoms with Crippen molar-refractivity contribution >= 4 is 27.6 Å². The fourth-order valence-corrected chi connectivity index (χ4v) is 2.10. The van der Waals surface area contributed by atoms with Crippen molar-refractivity contribution in [2.75, 3.05) is 12.4 Å². The van der Waals surface area contributed by atoms with Crippen LogP contribution in [0.5, 0.6) is 0 Å². The molecule has 0 aromatic heterocycles. The molecule has 0 aliphatic heterocycles. The molecule has 0 aliphatic rings. The molecule has 0 aliphatic carbocycles. The number of benzene rings is 1. The second-order valence-electron chi connectivity index (χ2n) is 3.84. The van der Waals surface area contributed by atoms with E-state index in [1.165, 1.54) is 12.7 Å². The van der Waals surface area contributed by atoms with Gasteiger partial charge in [-0.05, 0) is 37.6 Å². The highest BCUT2D eigenvalue weighted by atomic mass is 79.9. The van der Waals surface area contributed by atoms with Gasteiger partial charge in [0.05, 0.1) is 13.5 Å². The Labute approximate surface area is 104 Å². The van der Waals surface area contributed by atoms with Crippen LogP contribution in [0, 0.1) is 6.92 Å². The summed E-state index contributed by atoms with van der Waals surface area (Å²) in [6.45, 7) is 3.98. The van der Waals surface area contributed by atoms with E-state index >= 15 is 0 Å². The average molecular weight is 286 g/mol. The molecule has 0 saturated heterocycles. The first-order valence-electron chi connectivity index (χ1n) is 5.12. The summed E-state index contributed by atoms with van der Waals surface area (Å²) < 4.78 is 5.65. The third kappa shape index (κ3) is 4.23. The number of hydrogen-bond acceptors (Lipinski definition) is 3. The van der Waals surface area contributed by atoms with Gasteiger partial charge in [0.1, 0.15) is 0 Å². The van der Waals surface area contributed by atoms with Crippen molar-refractivity contribution in [2.24, 2.45) is 0 Å². The zero-order valence-electron chi connectivity index (χ0n) is 9.71. The van der Waals surface area contributed by atoms with E-state index in [-0.39, 0.29) is 12.0 Å². The van der Waals surface area contributed by atoms with Crippen LogP contribution in [0.4, 0.5) is 5.69 Å². The van der Waals surface area contributed by atoms with Crippen molar-refractivity contribution in [3.8, 4) is 0 Å². The number of esters is 1. The number of aryl methyl sites for hydroxylation is 1. The molecule has 88 valence electrons. The Balaban J connectivity index is 2.62. The van der Waals surface area contributed by atoms with Crippen LogP contribution in [0.15, 0.2) is 22.7 Å². The molecule has 3 nitrogen and oxygen atoms in total. The Kier molecular flexibility index (Phi) is 4.80. The molecule has 0 radical (unpaired) electrons. The van der Waals surface area contributed by atoms with Crippen LogP contribution in [-0.2, 0) is 9.53 Å². The molecule has 0 amide bonds. The number of anilines is 1. The smallest absolute Gasteiger partial charge is 0.307 e. The van der Waals surface area contributed by atoms with Gasteiger partial charge in [0.2, 0.25) is 0 Å². The Morgan fingerprint density at radius 3 is 2.75 bits per heavy atom. The predicted octanol–water partition coefficient (Wildman–Crippen LogP) is 3.12. The van der Waals surface area contributed by atoms with Crippen molar-refractivity contribution in [1.29, 1.82) is 0 Å². The topological polar surface area (TPSA) is 38.3 Å². The standard InChI is InChI=1S/C12H16BrNO2/c1-8-4-10(13)7-11(5-8)14-9(2)6-12(15)16-3/h4-5,7,9,14H,6H2,1-3H3. The lowest BCUT2D eigenvalue weighted by Crippen LogP contribution is -2.20. The molecule has 0 spiro atoms. The van der Waals surface area contributed by atoms with E-state index < -0.39 is 0 Å². The van der Waals surface area contributed by atoms with Crippen LogP contribution >= 0.6 is 15.9 Å². The number of ether oxygens (including phenoxy) is 1. The minimum atomic E-state index is -0.202. The minimum Gasteiger partial charge on any atom is -0.469 e. The Bertz CT molecular complexity index is 359. The third-order valence-electron chi connectivity index (χ3n) is 2.16. The first-order valence-corrected chi connectivity index (χ1v) is 5.91. The maximum atomic E-state index is 11.1. The van der Waals surface area contributed by atoms with Gasteiger partial charge < -0.3 is 10.1 Å². The first-order chi connectivity index (χ1) is 7.51. The van der Waals surface area contributed by atoms with Gasteiger partial charge in [-0.1, -0.05) is 15.9 Å². The Morgan fingerprint density at radius 2 is 2.19 bits per heavy atom. The van der Waals surface area contributed by atoms with E-state index in [0.29, 0.717) is 6.42 Å². The summed E-state index contributed by atoms with van der Waals surface area (Å²) >= 11 is 3.44. The van der Waals surface area contributed by atoms with Gasteiger partial charge in [0.15, 0.2) is 0 Å². The molecule has 1 unspecified atom stereocenters. The number of hydrogen-bond donors (Lipinski definition) is 1. The van der Waals surface area contributed by atoms with Crippen molar-refractivity contribution in [1.82, 2.24) is 0 Å². The molecule has 4 heteroatoms. The fourth-order valence-electron chi connectivity index (χ4n) is 1.49. The number of rotatable bonds is 4. The summed E-state index contributed by atoms with van der Waals surface area (Å²) in [5, 5.41) is 3.26. The normalized spacial score (nSPS) is 12.0. The van der Waals surface area contributed by atoms with Gasteiger partial charge >= 0.3 is 5.97 Å². The molecule has 0 saturated carbocycles. The largest absolute Gasteiger partial charge is 0.469 e. The van der Waals surface area contributed by atoms with Gasteiger partial charge in [0.25, 0.3) is 0 Å². The summed E-state index contributed by atoms with van der Waals surface area (Å²) in [6.07, 6.45) is 0.363. The lowest BCUT2D eigenvalue weighted by atomic mass is 10.2. The van der Waals surface area contributed by atoms with E-state index in [9.17, 15) is 4.79 Å². The molecule has 1 atom stereocenters. The molecule has 16 heavy (non-hydrogen) atoms. The second-order valence-corrected chi connectivity index (χ2v) is 4.76. The van der Waals surface area contributed by atoms with Crippen LogP contribution in [0.25, 0.3) is 0 Å². The van der Waals surface area contributed by atoms with Crippen LogP contribution in [0.1, 0.15) is 18.9 Å². The van der Waals surface area contributed by atoms with Gasteiger partial charge in [-0.3, -0.25) is 4.79 Å². The SMILES string of the molecule is COC(=O)CC(C)Nc1cc(C)cc(Br)c1. The van der Waals surface area contributed by atoms with Gasteiger partial charge in [0, 0.05) is 16.2 Å². The van der Waals surface area contributed by atoms with E-state index in [0.717, 1.165) is 10.2 Å². The van der Waals surface area contributed by atoms with Gasteiger partial charge in [-0.2, -0.15) is 0 Å². The summed E-state index contributed by atoms with van der Waals surface area (Å²) in [5.74, 6) is -0.202. The first kappa shape index (κ1) is 13.0. The van der Waals surface area contributed by atoms with Crippen LogP contribution < -0.4 is 5.32 Å². The maximum Gasteiger partial charge on any atom is 0.307 e. The quantitative estimate of drug-likeness (QED) is 0.864. The molecule has 1 aromatic carbocycles. The zero-order valence-corrected chi connectivity index (χ0v) is 11.3. The average Bonchev–Trinajstić information content (AvgIpc) is 2.15. The molecular weight excluding hydrogens is 270 g/mol. The lowest BCUT2D eigenvalue weighted by Gasteiger charge is -2.14. The zero-order chi connectivity index (χ0) is 12.1. The lowest BCUT2D eigenvalue weighted by molar-refractivity contribution is -0.140. The predicted molar refractivity (Wildman–Crippen MR) is 68.6 cm³/mol. The molecule has 0 fully saturated rings. The highest BCUT2D eigenvalue weighted by Crippen LogP contribution is 2.20. The highest BCUT2D eigenvalue weighted by molar-refractivity contribution is 9.10. The molecule has 1 N–H and O–H groups in total. The van der Waals surface area contributed by atoms with Crippen molar-refractivity contribution in [2.45, 2.75) is 26.3 Å². The molecular formula is C12H16BrNO2. The number of carbonyl (C=O) groups is 1. The summed E-state index contributed by atoms with van der Waals surface area (Å²) in [7, 11) is 1.40. The van der Waals surface area contributed by atoms with Crippen LogP contribution in [0.2, 0.25) is 0 Å². The third-order valence-corrected chi connectivity index (χ3v) is 2.61. The van der Waals surface area contributed by atoms with Gasteiger partial charge in [-0.25, -0.2) is 0 Å². The van der Waals surface area contributed by atoms with Crippen LogP contribution in [-0.4, -0.2) is 19.1 Å². The van der Waals surface area contributed by atoms with E-state index in [1.807, 2.05) is 32.0 Å². The van der Waals surface area contributed by atoms with E-state index in [1.54, 1.807) is 0 Å². The van der Waals surface area contributed by atoms with Gasteiger partial charge in [-0.15, -0.1) is 0 Å². The Hall–Kier alpha value is -1.03. The fraction of sp³-hybridized carbons (Fsp3) is 0.417. The van der Waals surface area contributed by atoms with Crippen LogP contribution in [0.3, 0.4) is 0 Å². The van der Waals surface area contributed by atoms with Crippen molar-refractivity contribution in [3.63, 3.8) is 0 Å². The number of carbonyl (C=O) groups excluding carboxylic acids is 1. The summed E-state index contributed by atoms with van der Waals surface area (Å²) in [4.78, 5) is 11.1. The number of methoxy groups -OCH3 is 1. The highest BCUT2D eigenvalue weighted by Gasteiger charge is 2.09. The molecule has 0 bridgehead atoms. The summed E-state index contributed by atoms with van der Waals surface area (Å²) in [5.41, 5.74) is 2.17. The van der Waals surface area contributed by atoms with Crippen molar-refractivity contribution in [3.05, 3.63) is 28.2 Å².